The van der Waals surface area contributed by atoms with Crippen LogP contribution in [0.5, 0.6) is 0 Å². The van der Waals surface area contributed by atoms with Gasteiger partial charge in [0.25, 0.3) is 0 Å². The molecular formula is C17H17ClO. The highest BCUT2D eigenvalue weighted by atomic mass is 35.5. The summed E-state index contributed by atoms with van der Waals surface area (Å²) < 4.78 is 0. The fourth-order valence-corrected chi connectivity index (χ4v) is 3.29. The molecule has 0 radical (unpaired) electrons. The van der Waals surface area contributed by atoms with Crippen LogP contribution < -0.4 is 0 Å². The Kier molecular flexibility index (Phi) is 3.56. The van der Waals surface area contributed by atoms with E-state index in [1.165, 1.54) is 19.3 Å². The van der Waals surface area contributed by atoms with Crippen LogP contribution in [-0.4, -0.2) is 5.78 Å². The van der Waals surface area contributed by atoms with Gasteiger partial charge in [0.1, 0.15) is 0 Å². The summed E-state index contributed by atoms with van der Waals surface area (Å²) in [5.41, 5.74) is 0.840. The highest BCUT2D eigenvalue weighted by molar-refractivity contribution is 6.36. The van der Waals surface area contributed by atoms with Gasteiger partial charge in [-0.25, -0.2) is 0 Å². The first kappa shape index (κ1) is 12.7. The predicted molar refractivity (Wildman–Crippen MR) is 79.9 cm³/mol. The molecule has 1 fully saturated rings. The zero-order chi connectivity index (χ0) is 13.2. The lowest BCUT2D eigenvalue weighted by molar-refractivity contribution is 0.0891. The van der Waals surface area contributed by atoms with Gasteiger partial charge in [0.05, 0.1) is 0 Å². The van der Waals surface area contributed by atoms with E-state index in [9.17, 15) is 4.79 Å². The highest BCUT2D eigenvalue weighted by Gasteiger charge is 2.23. The SMILES string of the molecule is O=C(c1ccc(Cl)c2ccccc12)C1CCCCC1. The number of hydrogen-bond donors (Lipinski definition) is 0. The van der Waals surface area contributed by atoms with E-state index in [-0.39, 0.29) is 5.92 Å². The Bertz CT molecular complexity index is 612. The number of rotatable bonds is 2. The molecule has 0 aromatic heterocycles. The van der Waals surface area contributed by atoms with Crippen molar-refractivity contribution in [1.29, 1.82) is 0 Å². The molecule has 1 nitrogen and oxygen atoms in total. The van der Waals surface area contributed by atoms with Crippen molar-refractivity contribution in [2.24, 2.45) is 5.92 Å². The maximum Gasteiger partial charge on any atom is 0.166 e. The summed E-state index contributed by atoms with van der Waals surface area (Å²) in [6, 6.07) is 11.6. The lowest BCUT2D eigenvalue weighted by Crippen LogP contribution is -2.18. The first-order valence-electron chi connectivity index (χ1n) is 6.99. The van der Waals surface area contributed by atoms with E-state index in [0.717, 1.165) is 34.2 Å². The van der Waals surface area contributed by atoms with E-state index >= 15 is 0 Å². The summed E-state index contributed by atoms with van der Waals surface area (Å²) in [5.74, 6) is 0.505. The van der Waals surface area contributed by atoms with Crippen LogP contribution in [0.1, 0.15) is 42.5 Å². The van der Waals surface area contributed by atoms with Crippen molar-refractivity contribution in [2.75, 3.05) is 0 Å². The van der Waals surface area contributed by atoms with Crippen molar-refractivity contribution in [1.82, 2.24) is 0 Å². The lowest BCUT2D eigenvalue weighted by atomic mass is 9.83. The van der Waals surface area contributed by atoms with Gasteiger partial charge in [0.2, 0.25) is 0 Å². The van der Waals surface area contributed by atoms with Crippen LogP contribution in [0.2, 0.25) is 5.02 Å². The van der Waals surface area contributed by atoms with E-state index in [2.05, 4.69) is 0 Å². The minimum atomic E-state index is 0.207. The predicted octanol–water partition coefficient (Wildman–Crippen LogP) is 5.26. The molecule has 1 aliphatic carbocycles. The largest absolute Gasteiger partial charge is 0.294 e. The van der Waals surface area contributed by atoms with E-state index in [0.29, 0.717) is 5.78 Å². The summed E-state index contributed by atoms with van der Waals surface area (Å²) in [6.45, 7) is 0. The molecule has 0 unspecified atom stereocenters. The molecule has 0 bridgehead atoms. The average Bonchev–Trinajstić information content (AvgIpc) is 2.48. The maximum absolute atomic E-state index is 12.7. The van der Waals surface area contributed by atoms with Gasteiger partial charge in [-0.15, -0.1) is 0 Å². The minimum absolute atomic E-state index is 0.207. The van der Waals surface area contributed by atoms with E-state index < -0.39 is 0 Å². The molecule has 0 spiro atoms. The maximum atomic E-state index is 12.7. The van der Waals surface area contributed by atoms with Crippen molar-refractivity contribution in [3.63, 3.8) is 0 Å². The van der Waals surface area contributed by atoms with Crippen molar-refractivity contribution in [3.05, 3.63) is 47.0 Å². The Morgan fingerprint density at radius 2 is 1.63 bits per heavy atom. The first-order valence-corrected chi connectivity index (χ1v) is 7.36. The summed E-state index contributed by atoms with van der Waals surface area (Å²) in [4.78, 5) is 12.7. The van der Waals surface area contributed by atoms with Crippen LogP contribution in [0, 0.1) is 5.92 Å². The van der Waals surface area contributed by atoms with Crippen LogP contribution in [0.4, 0.5) is 0 Å². The number of Topliss-reactive ketones (excluding diaryl/α,β-unsaturated/α-hetero) is 1. The van der Waals surface area contributed by atoms with Crippen LogP contribution in [0.15, 0.2) is 36.4 Å². The van der Waals surface area contributed by atoms with Crippen molar-refractivity contribution in [2.45, 2.75) is 32.1 Å². The summed E-state index contributed by atoms with van der Waals surface area (Å²) in [6.07, 6.45) is 5.71. The Hall–Kier alpha value is -1.34. The number of halogens is 1. The zero-order valence-corrected chi connectivity index (χ0v) is 11.6. The van der Waals surface area contributed by atoms with Gasteiger partial charge in [0, 0.05) is 21.9 Å². The smallest absolute Gasteiger partial charge is 0.166 e. The zero-order valence-electron chi connectivity index (χ0n) is 10.9. The fraction of sp³-hybridized carbons (Fsp3) is 0.353. The standard InChI is InChI=1S/C17H17ClO/c18-16-11-10-15(13-8-4-5-9-14(13)16)17(19)12-6-2-1-3-7-12/h4-5,8-12H,1-3,6-7H2. The van der Waals surface area contributed by atoms with E-state index in [1.807, 2.05) is 36.4 Å². The van der Waals surface area contributed by atoms with Crippen LogP contribution in [0.3, 0.4) is 0 Å². The molecule has 0 heterocycles. The summed E-state index contributed by atoms with van der Waals surface area (Å²) in [5, 5.41) is 2.69. The normalized spacial score (nSPS) is 16.7. The van der Waals surface area contributed by atoms with Crippen molar-refractivity contribution in [3.8, 4) is 0 Å². The third-order valence-corrected chi connectivity index (χ3v) is 4.44. The second-order valence-corrected chi connectivity index (χ2v) is 5.75. The number of carbonyl (C=O) groups excluding carboxylic acids is 1. The van der Waals surface area contributed by atoms with Crippen LogP contribution in [-0.2, 0) is 0 Å². The second-order valence-electron chi connectivity index (χ2n) is 5.34. The number of hydrogen-bond acceptors (Lipinski definition) is 1. The van der Waals surface area contributed by atoms with E-state index in [1.54, 1.807) is 0 Å². The molecule has 1 aliphatic rings. The van der Waals surface area contributed by atoms with Gasteiger partial charge >= 0.3 is 0 Å². The molecule has 98 valence electrons. The molecular weight excluding hydrogens is 256 g/mol. The minimum Gasteiger partial charge on any atom is -0.294 e. The fourth-order valence-electron chi connectivity index (χ4n) is 3.06. The van der Waals surface area contributed by atoms with Gasteiger partial charge in [-0.2, -0.15) is 0 Å². The van der Waals surface area contributed by atoms with Gasteiger partial charge in [0.15, 0.2) is 5.78 Å². The second kappa shape index (κ2) is 5.34. The third-order valence-electron chi connectivity index (χ3n) is 4.11. The van der Waals surface area contributed by atoms with E-state index in [4.69, 9.17) is 11.6 Å². The van der Waals surface area contributed by atoms with Gasteiger partial charge in [-0.1, -0.05) is 55.1 Å². The summed E-state index contributed by atoms with van der Waals surface area (Å²) in [7, 11) is 0. The quantitative estimate of drug-likeness (QED) is 0.682. The molecule has 1 saturated carbocycles. The molecule has 0 aliphatic heterocycles. The molecule has 2 heteroatoms. The molecule has 0 amide bonds. The van der Waals surface area contributed by atoms with Gasteiger partial charge in [-0.05, 0) is 30.4 Å². The molecule has 0 saturated heterocycles. The Morgan fingerprint density at radius 3 is 2.37 bits per heavy atom. The molecule has 2 aromatic carbocycles. The molecule has 0 atom stereocenters. The highest BCUT2D eigenvalue weighted by Crippen LogP contribution is 2.32. The lowest BCUT2D eigenvalue weighted by Gasteiger charge is -2.21. The topological polar surface area (TPSA) is 17.1 Å². The monoisotopic (exact) mass is 272 g/mol. The Labute approximate surface area is 118 Å². The molecule has 0 N–H and O–H groups in total. The molecule has 2 aromatic rings. The number of fused-ring (bicyclic) bond motifs is 1. The molecule has 3 rings (SSSR count). The first-order chi connectivity index (χ1) is 9.27. The average molecular weight is 273 g/mol. The third kappa shape index (κ3) is 2.40. The van der Waals surface area contributed by atoms with Gasteiger partial charge in [-0.3, -0.25) is 4.79 Å². The Balaban J connectivity index is 2.05. The summed E-state index contributed by atoms with van der Waals surface area (Å²) >= 11 is 6.21. The number of benzene rings is 2. The van der Waals surface area contributed by atoms with Crippen molar-refractivity contribution >= 4 is 28.2 Å². The van der Waals surface area contributed by atoms with Crippen LogP contribution >= 0.6 is 11.6 Å². The Morgan fingerprint density at radius 1 is 0.947 bits per heavy atom. The molecule has 19 heavy (non-hydrogen) atoms. The van der Waals surface area contributed by atoms with Gasteiger partial charge < -0.3 is 0 Å². The van der Waals surface area contributed by atoms with Crippen LogP contribution in [0.25, 0.3) is 10.8 Å². The van der Waals surface area contributed by atoms with Crippen molar-refractivity contribution < 1.29 is 4.79 Å². The number of ketones is 1. The number of carbonyl (C=O) groups is 1.